The van der Waals surface area contributed by atoms with E-state index in [0.717, 1.165) is 19.3 Å². The van der Waals surface area contributed by atoms with E-state index in [1.165, 1.54) is 68.1 Å². The molecule has 0 aliphatic heterocycles. The molecule has 1 aromatic rings. The summed E-state index contributed by atoms with van der Waals surface area (Å²) < 4.78 is 0. The average molecular weight is 290 g/mol. The predicted octanol–water partition coefficient (Wildman–Crippen LogP) is 6.20. The summed E-state index contributed by atoms with van der Waals surface area (Å²) in [6, 6.07) is 4.06. The van der Waals surface area contributed by atoms with Crippen molar-refractivity contribution >= 4 is 0 Å². The van der Waals surface area contributed by atoms with Crippen molar-refractivity contribution in [1.29, 1.82) is 0 Å². The standard InChI is InChI=1S/C20H34O/c1-4-7-9-10-11-14-19-18(13-8-5-2)17(12-6-3)15-16-20(19)21/h15-16,21H,4-14H2,1-3H3. The van der Waals surface area contributed by atoms with Crippen LogP contribution in [-0.2, 0) is 19.3 Å². The van der Waals surface area contributed by atoms with Gasteiger partial charge in [-0.25, -0.2) is 0 Å². The molecule has 1 heteroatoms. The predicted molar refractivity (Wildman–Crippen MR) is 93.2 cm³/mol. The number of aryl methyl sites for hydroxylation is 1. The van der Waals surface area contributed by atoms with Crippen molar-refractivity contribution in [3.63, 3.8) is 0 Å². The minimum atomic E-state index is 0.524. The number of hydrogen-bond donors (Lipinski definition) is 1. The monoisotopic (exact) mass is 290 g/mol. The van der Waals surface area contributed by atoms with Gasteiger partial charge in [0, 0.05) is 0 Å². The Kier molecular flexibility index (Phi) is 9.21. The molecule has 0 saturated carbocycles. The largest absolute Gasteiger partial charge is 0.508 e. The molecule has 0 saturated heterocycles. The minimum absolute atomic E-state index is 0.524. The summed E-state index contributed by atoms with van der Waals surface area (Å²) in [4.78, 5) is 0. The topological polar surface area (TPSA) is 20.2 Å². The van der Waals surface area contributed by atoms with Crippen LogP contribution < -0.4 is 0 Å². The Morgan fingerprint density at radius 1 is 0.667 bits per heavy atom. The van der Waals surface area contributed by atoms with Crippen LogP contribution >= 0.6 is 0 Å². The number of aromatic hydroxyl groups is 1. The first kappa shape index (κ1) is 18.1. The first-order chi connectivity index (χ1) is 10.2. The van der Waals surface area contributed by atoms with Gasteiger partial charge in [0.2, 0.25) is 0 Å². The lowest BCUT2D eigenvalue weighted by atomic mass is 9.90. The van der Waals surface area contributed by atoms with E-state index in [0.29, 0.717) is 5.75 Å². The van der Waals surface area contributed by atoms with E-state index < -0.39 is 0 Å². The van der Waals surface area contributed by atoms with E-state index in [-0.39, 0.29) is 0 Å². The molecule has 1 nitrogen and oxygen atoms in total. The quantitative estimate of drug-likeness (QED) is 0.481. The molecule has 0 radical (unpaired) electrons. The summed E-state index contributed by atoms with van der Waals surface area (Å²) in [5, 5.41) is 10.3. The maximum Gasteiger partial charge on any atom is 0.119 e. The third kappa shape index (κ3) is 6.11. The zero-order chi connectivity index (χ0) is 15.5. The van der Waals surface area contributed by atoms with Gasteiger partial charge in [-0.05, 0) is 54.9 Å². The van der Waals surface area contributed by atoms with Crippen LogP contribution in [0.4, 0.5) is 0 Å². The second kappa shape index (κ2) is 10.7. The highest BCUT2D eigenvalue weighted by atomic mass is 16.3. The number of unbranched alkanes of at least 4 members (excludes halogenated alkanes) is 5. The van der Waals surface area contributed by atoms with E-state index in [9.17, 15) is 5.11 Å². The van der Waals surface area contributed by atoms with Crippen molar-refractivity contribution in [3.05, 3.63) is 28.8 Å². The van der Waals surface area contributed by atoms with Gasteiger partial charge in [-0.3, -0.25) is 0 Å². The Hall–Kier alpha value is -0.980. The lowest BCUT2D eigenvalue weighted by molar-refractivity contribution is 0.464. The fourth-order valence-corrected chi connectivity index (χ4v) is 3.08. The molecule has 0 aliphatic rings. The summed E-state index contributed by atoms with van der Waals surface area (Å²) in [7, 11) is 0. The van der Waals surface area contributed by atoms with Crippen molar-refractivity contribution in [2.24, 2.45) is 0 Å². The van der Waals surface area contributed by atoms with E-state index in [1.54, 1.807) is 0 Å². The lowest BCUT2D eigenvalue weighted by Crippen LogP contribution is -2.02. The van der Waals surface area contributed by atoms with E-state index in [4.69, 9.17) is 0 Å². The zero-order valence-corrected chi connectivity index (χ0v) is 14.4. The summed E-state index contributed by atoms with van der Waals surface area (Å²) in [6.07, 6.45) is 13.4. The fourth-order valence-electron chi connectivity index (χ4n) is 3.08. The van der Waals surface area contributed by atoms with Crippen LogP contribution in [0.5, 0.6) is 5.75 Å². The first-order valence-electron chi connectivity index (χ1n) is 9.07. The molecule has 0 bridgehead atoms. The Morgan fingerprint density at radius 2 is 1.33 bits per heavy atom. The Labute approximate surface area is 131 Å². The third-order valence-electron chi connectivity index (χ3n) is 4.33. The van der Waals surface area contributed by atoms with Crippen molar-refractivity contribution in [3.8, 4) is 5.75 Å². The molecular formula is C20H34O. The molecule has 1 rings (SSSR count). The Bertz CT molecular complexity index is 395. The molecular weight excluding hydrogens is 256 g/mol. The number of phenolic OH excluding ortho intramolecular Hbond substituents is 1. The minimum Gasteiger partial charge on any atom is -0.508 e. The molecule has 0 spiro atoms. The van der Waals surface area contributed by atoms with E-state index in [2.05, 4.69) is 26.8 Å². The van der Waals surface area contributed by atoms with Gasteiger partial charge in [0.1, 0.15) is 5.75 Å². The molecule has 0 atom stereocenters. The molecule has 0 aromatic heterocycles. The number of phenols is 1. The Balaban J connectivity index is 2.79. The number of hydrogen-bond acceptors (Lipinski definition) is 1. The van der Waals surface area contributed by atoms with Crippen LogP contribution in [0.3, 0.4) is 0 Å². The van der Waals surface area contributed by atoms with Gasteiger partial charge in [0.25, 0.3) is 0 Å². The van der Waals surface area contributed by atoms with Crippen LogP contribution in [0.2, 0.25) is 0 Å². The average Bonchev–Trinajstić information content (AvgIpc) is 2.49. The van der Waals surface area contributed by atoms with Crippen LogP contribution in [0.25, 0.3) is 0 Å². The molecule has 1 aromatic carbocycles. The third-order valence-corrected chi connectivity index (χ3v) is 4.33. The maximum atomic E-state index is 10.3. The second-order valence-electron chi connectivity index (χ2n) is 6.22. The summed E-state index contributed by atoms with van der Waals surface area (Å²) in [6.45, 7) is 6.73. The van der Waals surface area contributed by atoms with Gasteiger partial charge >= 0.3 is 0 Å². The molecule has 21 heavy (non-hydrogen) atoms. The highest BCUT2D eigenvalue weighted by molar-refractivity contribution is 5.45. The molecule has 1 N–H and O–H groups in total. The van der Waals surface area contributed by atoms with Crippen molar-refractivity contribution < 1.29 is 5.11 Å². The van der Waals surface area contributed by atoms with Gasteiger partial charge in [0.05, 0.1) is 0 Å². The van der Waals surface area contributed by atoms with Gasteiger partial charge in [-0.15, -0.1) is 0 Å². The van der Waals surface area contributed by atoms with Crippen LogP contribution in [-0.4, -0.2) is 5.11 Å². The summed E-state index contributed by atoms with van der Waals surface area (Å²) in [5.74, 6) is 0.524. The van der Waals surface area contributed by atoms with Gasteiger partial charge in [0.15, 0.2) is 0 Å². The van der Waals surface area contributed by atoms with Crippen LogP contribution in [0, 0.1) is 0 Å². The molecule has 0 amide bonds. The number of benzene rings is 1. The maximum absolute atomic E-state index is 10.3. The smallest absolute Gasteiger partial charge is 0.119 e. The van der Waals surface area contributed by atoms with Crippen molar-refractivity contribution in [2.45, 2.75) is 91.4 Å². The summed E-state index contributed by atoms with van der Waals surface area (Å²) in [5.41, 5.74) is 4.16. The Morgan fingerprint density at radius 3 is 2.00 bits per heavy atom. The number of rotatable bonds is 11. The normalized spacial score (nSPS) is 11.0. The van der Waals surface area contributed by atoms with Gasteiger partial charge in [-0.1, -0.05) is 65.4 Å². The zero-order valence-electron chi connectivity index (χ0n) is 14.4. The molecule has 0 unspecified atom stereocenters. The van der Waals surface area contributed by atoms with Gasteiger partial charge < -0.3 is 5.11 Å². The SMILES string of the molecule is CCCCCCCc1c(O)ccc(CCC)c1CCCC. The molecule has 0 aliphatic carbocycles. The lowest BCUT2D eigenvalue weighted by Gasteiger charge is -2.16. The highest BCUT2D eigenvalue weighted by Crippen LogP contribution is 2.29. The highest BCUT2D eigenvalue weighted by Gasteiger charge is 2.12. The summed E-state index contributed by atoms with van der Waals surface area (Å²) >= 11 is 0. The molecule has 0 fully saturated rings. The van der Waals surface area contributed by atoms with Gasteiger partial charge in [-0.2, -0.15) is 0 Å². The first-order valence-corrected chi connectivity index (χ1v) is 9.07. The van der Waals surface area contributed by atoms with E-state index >= 15 is 0 Å². The van der Waals surface area contributed by atoms with E-state index in [1.807, 2.05) is 6.07 Å². The second-order valence-corrected chi connectivity index (χ2v) is 6.22. The van der Waals surface area contributed by atoms with Crippen LogP contribution in [0.1, 0.15) is 88.8 Å². The molecule has 120 valence electrons. The van der Waals surface area contributed by atoms with Crippen molar-refractivity contribution in [2.75, 3.05) is 0 Å². The van der Waals surface area contributed by atoms with Crippen LogP contribution in [0.15, 0.2) is 12.1 Å². The van der Waals surface area contributed by atoms with Crippen molar-refractivity contribution in [1.82, 2.24) is 0 Å². The fraction of sp³-hybridized carbons (Fsp3) is 0.700. The molecule has 0 heterocycles.